The molecule has 0 saturated heterocycles. The van der Waals surface area contributed by atoms with E-state index in [-0.39, 0.29) is 5.97 Å². The van der Waals surface area contributed by atoms with Crippen molar-refractivity contribution in [2.24, 2.45) is 0 Å². The van der Waals surface area contributed by atoms with Crippen molar-refractivity contribution in [1.82, 2.24) is 4.98 Å². The maximum atomic E-state index is 11.8. The molecule has 4 rings (SSSR count). The summed E-state index contributed by atoms with van der Waals surface area (Å²) in [6, 6.07) is 17.2. The molecule has 102 valence electrons. The summed E-state index contributed by atoms with van der Waals surface area (Å²) < 4.78 is 5.38. The van der Waals surface area contributed by atoms with Gasteiger partial charge in [0, 0.05) is 22.8 Å². The molecule has 1 aliphatic rings. The van der Waals surface area contributed by atoms with Crippen molar-refractivity contribution in [3.8, 4) is 0 Å². The number of nitrogens with one attached hydrogen (secondary N) is 1. The molecular formula is C17H12N2O2. The number of fused-ring (bicyclic) bond motifs is 2. The lowest BCUT2D eigenvalue weighted by Crippen LogP contribution is -2.10. The molecule has 0 spiro atoms. The average molecular weight is 276 g/mol. The lowest BCUT2D eigenvalue weighted by Gasteiger charge is -2.14. The molecule has 0 unspecified atom stereocenters. The van der Waals surface area contributed by atoms with Crippen molar-refractivity contribution >= 4 is 22.6 Å². The van der Waals surface area contributed by atoms with Crippen LogP contribution in [0, 0.1) is 0 Å². The fourth-order valence-corrected chi connectivity index (χ4v) is 2.57. The third kappa shape index (κ3) is 2.01. The molecule has 0 saturated carbocycles. The number of nitrogens with zero attached hydrogens (tertiary/aromatic N) is 1. The highest BCUT2D eigenvalue weighted by Gasteiger charge is 2.30. The number of carbonyl (C=O) groups is 1. The zero-order chi connectivity index (χ0) is 14.2. The van der Waals surface area contributed by atoms with Crippen LogP contribution in [0.4, 0.5) is 5.69 Å². The van der Waals surface area contributed by atoms with Gasteiger partial charge in [0.1, 0.15) is 0 Å². The number of aromatic nitrogens is 1. The molecular weight excluding hydrogens is 264 g/mol. The zero-order valence-electron chi connectivity index (χ0n) is 11.1. The van der Waals surface area contributed by atoms with E-state index in [1.807, 2.05) is 48.5 Å². The number of benzene rings is 2. The van der Waals surface area contributed by atoms with Gasteiger partial charge in [0.15, 0.2) is 0 Å². The Labute approximate surface area is 121 Å². The van der Waals surface area contributed by atoms with Crippen molar-refractivity contribution in [3.05, 3.63) is 71.9 Å². The molecule has 2 aromatic carbocycles. The van der Waals surface area contributed by atoms with Crippen LogP contribution in [0.1, 0.15) is 22.1 Å². The van der Waals surface area contributed by atoms with Gasteiger partial charge in [-0.25, -0.2) is 4.79 Å². The molecule has 2 heterocycles. The van der Waals surface area contributed by atoms with Gasteiger partial charge in [-0.2, -0.15) is 0 Å². The summed E-state index contributed by atoms with van der Waals surface area (Å²) in [5.41, 5.74) is 3.32. The zero-order valence-corrected chi connectivity index (χ0v) is 11.1. The van der Waals surface area contributed by atoms with Gasteiger partial charge in [-0.1, -0.05) is 24.3 Å². The van der Waals surface area contributed by atoms with Crippen LogP contribution in [0.15, 0.2) is 60.8 Å². The van der Waals surface area contributed by atoms with Crippen molar-refractivity contribution in [2.45, 2.75) is 6.23 Å². The topological polar surface area (TPSA) is 51.2 Å². The van der Waals surface area contributed by atoms with Gasteiger partial charge in [-0.05, 0) is 30.3 Å². The summed E-state index contributed by atoms with van der Waals surface area (Å²) >= 11 is 0. The van der Waals surface area contributed by atoms with E-state index in [0.717, 1.165) is 22.2 Å². The van der Waals surface area contributed by atoms with Gasteiger partial charge in [0.05, 0.1) is 11.1 Å². The minimum atomic E-state index is -0.442. The quantitative estimate of drug-likeness (QED) is 0.728. The molecule has 21 heavy (non-hydrogen) atoms. The molecule has 0 aliphatic carbocycles. The molecule has 1 aliphatic heterocycles. The normalized spacial score (nSPS) is 16.6. The van der Waals surface area contributed by atoms with Gasteiger partial charge in [-0.3, -0.25) is 4.98 Å². The number of rotatable bonds is 2. The molecule has 0 radical (unpaired) electrons. The molecule has 1 N–H and O–H groups in total. The maximum absolute atomic E-state index is 11.8. The van der Waals surface area contributed by atoms with E-state index in [0.29, 0.717) is 5.56 Å². The standard InChI is InChI=1S/C17H12N2O2/c20-17-14-6-2-1-5-13(14)16(21-17)19-12-7-8-15-11(10-12)4-3-9-18-15/h1-10,16,19H/t16-/m0/s1. The van der Waals surface area contributed by atoms with Crippen molar-refractivity contribution in [2.75, 3.05) is 5.32 Å². The van der Waals surface area contributed by atoms with E-state index in [1.165, 1.54) is 0 Å². The van der Waals surface area contributed by atoms with E-state index in [4.69, 9.17) is 4.74 Å². The van der Waals surface area contributed by atoms with E-state index < -0.39 is 6.23 Å². The Balaban J connectivity index is 1.68. The molecule has 4 heteroatoms. The van der Waals surface area contributed by atoms with Gasteiger partial charge >= 0.3 is 5.97 Å². The summed E-state index contributed by atoms with van der Waals surface area (Å²) in [6.45, 7) is 0. The fraction of sp³-hybridized carbons (Fsp3) is 0.0588. The average Bonchev–Trinajstić information content (AvgIpc) is 2.84. The third-order valence-electron chi connectivity index (χ3n) is 3.59. The predicted octanol–water partition coefficient (Wildman–Crippen LogP) is 3.52. The first kappa shape index (κ1) is 11.9. The number of hydrogen-bond donors (Lipinski definition) is 1. The summed E-state index contributed by atoms with van der Waals surface area (Å²) in [6.07, 6.45) is 1.33. The van der Waals surface area contributed by atoms with Gasteiger partial charge < -0.3 is 10.1 Å². The minimum absolute atomic E-state index is 0.287. The summed E-state index contributed by atoms with van der Waals surface area (Å²) in [4.78, 5) is 16.1. The van der Waals surface area contributed by atoms with E-state index in [9.17, 15) is 4.79 Å². The monoisotopic (exact) mass is 276 g/mol. The smallest absolute Gasteiger partial charge is 0.340 e. The van der Waals surface area contributed by atoms with Crippen LogP contribution < -0.4 is 5.32 Å². The Hall–Kier alpha value is -2.88. The maximum Gasteiger partial charge on any atom is 0.340 e. The minimum Gasteiger partial charge on any atom is -0.434 e. The molecule has 0 fully saturated rings. The number of cyclic esters (lactones) is 1. The van der Waals surface area contributed by atoms with Crippen LogP contribution in [0.2, 0.25) is 0 Å². The number of ether oxygens (including phenoxy) is 1. The lowest BCUT2D eigenvalue weighted by atomic mass is 10.1. The number of anilines is 1. The molecule has 4 nitrogen and oxygen atoms in total. The highest BCUT2D eigenvalue weighted by atomic mass is 16.6. The Kier molecular flexibility index (Phi) is 2.60. The van der Waals surface area contributed by atoms with Crippen LogP contribution >= 0.6 is 0 Å². The highest BCUT2D eigenvalue weighted by Crippen LogP contribution is 2.31. The predicted molar refractivity (Wildman–Crippen MR) is 80.0 cm³/mol. The van der Waals surface area contributed by atoms with Gasteiger partial charge in [-0.15, -0.1) is 0 Å². The number of esters is 1. The van der Waals surface area contributed by atoms with Crippen LogP contribution in [-0.2, 0) is 4.74 Å². The van der Waals surface area contributed by atoms with Crippen LogP contribution in [0.25, 0.3) is 10.9 Å². The van der Waals surface area contributed by atoms with E-state index in [2.05, 4.69) is 10.3 Å². The molecule has 3 aromatic rings. The first-order valence-corrected chi connectivity index (χ1v) is 6.72. The second-order valence-corrected chi connectivity index (χ2v) is 4.93. The van der Waals surface area contributed by atoms with Crippen molar-refractivity contribution in [1.29, 1.82) is 0 Å². The molecule has 1 atom stereocenters. The molecule has 1 aromatic heterocycles. The van der Waals surface area contributed by atoms with Crippen molar-refractivity contribution in [3.63, 3.8) is 0 Å². The first-order valence-electron chi connectivity index (χ1n) is 6.72. The summed E-state index contributed by atoms with van der Waals surface area (Å²) in [5.74, 6) is -0.287. The Bertz CT molecular complexity index is 845. The second-order valence-electron chi connectivity index (χ2n) is 4.93. The van der Waals surface area contributed by atoms with Gasteiger partial charge in [0.2, 0.25) is 6.23 Å². The molecule has 0 bridgehead atoms. The largest absolute Gasteiger partial charge is 0.434 e. The summed E-state index contributed by atoms with van der Waals surface area (Å²) in [5, 5.41) is 4.29. The van der Waals surface area contributed by atoms with E-state index >= 15 is 0 Å². The lowest BCUT2D eigenvalue weighted by molar-refractivity contribution is 0.0437. The first-order chi connectivity index (χ1) is 10.3. The van der Waals surface area contributed by atoms with Crippen LogP contribution in [0.3, 0.4) is 0 Å². The Morgan fingerprint density at radius 1 is 1.05 bits per heavy atom. The summed E-state index contributed by atoms with van der Waals surface area (Å²) in [7, 11) is 0. The fourth-order valence-electron chi connectivity index (χ4n) is 2.57. The van der Waals surface area contributed by atoms with Crippen LogP contribution in [0.5, 0.6) is 0 Å². The molecule has 0 amide bonds. The highest BCUT2D eigenvalue weighted by molar-refractivity contribution is 5.94. The SMILES string of the molecule is O=C1O[C@H](Nc2ccc3ncccc3c2)c2ccccc21. The van der Waals surface area contributed by atoms with Crippen molar-refractivity contribution < 1.29 is 9.53 Å². The Morgan fingerprint density at radius 2 is 1.95 bits per heavy atom. The Morgan fingerprint density at radius 3 is 2.90 bits per heavy atom. The van der Waals surface area contributed by atoms with Crippen LogP contribution in [-0.4, -0.2) is 11.0 Å². The second kappa shape index (κ2) is 4.59. The number of pyridine rings is 1. The van der Waals surface area contributed by atoms with Gasteiger partial charge in [0.25, 0.3) is 0 Å². The van der Waals surface area contributed by atoms with E-state index in [1.54, 1.807) is 12.3 Å². The number of carbonyl (C=O) groups excluding carboxylic acids is 1. The third-order valence-corrected chi connectivity index (χ3v) is 3.59. The number of hydrogen-bond acceptors (Lipinski definition) is 4.